The number of amides is 1. The summed E-state index contributed by atoms with van der Waals surface area (Å²) in [5, 5.41) is 15.4. The largest absolute Gasteiger partial charge is 0.322 e. The van der Waals surface area contributed by atoms with Gasteiger partial charge in [0.1, 0.15) is 5.69 Å². The van der Waals surface area contributed by atoms with Gasteiger partial charge in [0.15, 0.2) is 0 Å². The second kappa shape index (κ2) is 4.94. The molecule has 1 aromatic heterocycles. The van der Waals surface area contributed by atoms with Gasteiger partial charge in [-0.3, -0.25) is 19.6 Å². The summed E-state index contributed by atoms with van der Waals surface area (Å²) in [6.45, 7) is 3.52. The molecule has 0 bridgehead atoms. The van der Waals surface area contributed by atoms with Crippen LogP contribution < -0.4 is 4.90 Å². The number of aryl methyl sites for hydroxylation is 1. The molecule has 0 saturated heterocycles. The van der Waals surface area contributed by atoms with Crippen LogP contribution >= 0.6 is 0 Å². The fraction of sp³-hybridized carbons (Fsp3) is 0.333. The normalized spacial score (nSPS) is 16.7. The van der Waals surface area contributed by atoms with E-state index in [1.165, 1.54) is 4.68 Å². The fourth-order valence-electron chi connectivity index (χ4n) is 2.95. The van der Waals surface area contributed by atoms with Crippen molar-refractivity contribution in [3.63, 3.8) is 0 Å². The number of carbonyl (C=O) groups is 1. The van der Waals surface area contributed by atoms with Gasteiger partial charge in [-0.1, -0.05) is 18.2 Å². The number of carbonyl (C=O) groups excluding carboxylic acids is 1. The second-order valence-electron chi connectivity index (χ2n) is 5.52. The molecule has 2 heterocycles. The summed E-state index contributed by atoms with van der Waals surface area (Å²) in [5.41, 5.74) is 1.92. The van der Waals surface area contributed by atoms with Gasteiger partial charge in [0.2, 0.25) is 5.69 Å². The van der Waals surface area contributed by atoms with Gasteiger partial charge in [0.25, 0.3) is 5.91 Å². The van der Waals surface area contributed by atoms with Crippen molar-refractivity contribution in [2.24, 2.45) is 7.05 Å². The Bertz CT molecular complexity index is 781. The average molecular weight is 300 g/mol. The van der Waals surface area contributed by atoms with Crippen molar-refractivity contribution in [1.82, 2.24) is 9.78 Å². The number of hydrogen-bond donors (Lipinski definition) is 0. The molecule has 1 amide bonds. The number of nitrogens with zero attached hydrogens (tertiary/aromatic N) is 4. The monoisotopic (exact) mass is 300 g/mol. The number of para-hydroxylation sites is 1. The number of fused-ring (bicyclic) bond motifs is 1. The molecule has 1 aromatic carbocycles. The van der Waals surface area contributed by atoms with Gasteiger partial charge in [-0.05, 0) is 31.9 Å². The Morgan fingerprint density at radius 1 is 1.41 bits per heavy atom. The van der Waals surface area contributed by atoms with Crippen LogP contribution in [-0.2, 0) is 13.5 Å². The van der Waals surface area contributed by atoms with E-state index >= 15 is 0 Å². The number of nitro groups is 1. The Labute approximate surface area is 127 Å². The molecular formula is C15H16N4O3. The Morgan fingerprint density at radius 3 is 2.77 bits per heavy atom. The summed E-state index contributed by atoms with van der Waals surface area (Å²) >= 11 is 0. The van der Waals surface area contributed by atoms with E-state index in [1.807, 2.05) is 31.2 Å². The van der Waals surface area contributed by atoms with E-state index < -0.39 is 10.8 Å². The third-order valence-electron chi connectivity index (χ3n) is 4.11. The van der Waals surface area contributed by atoms with Crippen LogP contribution in [-0.4, -0.2) is 26.7 Å². The summed E-state index contributed by atoms with van der Waals surface area (Å²) in [4.78, 5) is 25.2. The van der Waals surface area contributed by atoms with E-state index in [0.717, 1.165) is 17.7 Å². The van der Waals surface area contributed by atoms with Crippen molar-refractivity contribution < 1.29 is 9.72 Å². The van der Waals surface area contributed by atoms with Crippen LogP contribution in [0.25, 0.3) is 0 Å². The van der Waals surface area contributed by atoms with E-state index in [0.29, 0.717) is 5.69 Å². The van der Waals surface area contributed by atoms with Gasteiger partial charge in [-0.2, -0.15) is 5.10 Å². The predicted molar refractivity (Wildman–Crippen MR) is 81.0 cm³/mol. The van der Waals surface area contributed by atoms with Crippen LogP contribution in [0.1, 0.15) is 28.7 Å². The molecule has 2 aromatic rings. The van der Waals surface area contributed by atoms with Crippen molar-refractivity contribution >= 4 is 17.3 Å². The van der Waals surface area contributed by atoms with Crippen molar-refractivity contribution in [3.8, 4) is 0 Å². The smallest absolute Gasteiger partial charge is 0.303 e. The average Bonchev–Trinajstić information content (AvgIpc) is 2.95. The zero-order valence-corrected chi connectivity index (χ0v) is 12.6. The highest BCUT2D eigenvalue weighted by Crippen LogP contribution is 2.34. The molecular weight excluding hydrogens is 284 g/mol. The molecule has 0 aliphatic carbocycles. The number of benzene rings is 1. The Balaban J connectivity index is 2.09. The molecule has 0 unspecified atom stereocenters. The second-order valence-corrected chi connectivity index (χ2v) is 5.52. The third kappa shape index (κ3) is 1.97. The maximum absolute atomic E-state index is 12.9. The van der Waals surface area contributed by atoms with Crippen LogP contribution in [0, 0.1) is 17.0 Å². The zero-order valence-electron chi connectivity index (χ0n) is 12.6. The highest BCUT2D eigenvalue weighted by Gasteiger charge is 2.37. The van der Waals surface area contributed by atoms with Gasteiger partial charge in [-0.15, -0.1) is 0 Å². The third-order valence-corrected chi connectivity index (χ3v) is 4.11. The molecule has 3 rings (SSSR count). The number of rotatable bonds is 2. The lowest BCUT2D eigenvalue weighted by molar-refractivity contribution is -0.385. The first-order chi connectivity index (χ1) is 10.4. The summed E-state index contributed by atoms with van der Waals surface area (Å²) in [6.07, 6.45) is 0.738. The van der Waals surface area contributed by atoms with Crippen LogP contribution in [0.5, 0.6) is 0 Å². The maximum Gasteiger partial charge on any atom is 0.322 e. The first-order valence-electron chi connectivity index (χ1n) is 7.01. The molecule has 0 saturated carbocycles. The van der Waals surface area contributed by atoms with Crippen LogP contribution in [0.15, 0.2) is 24.3 Å². The topological polar surface area (TPSA) is 81.3 Å². The van der Waals surface area contributed by atoms with Crippen LogP contribution in [0.2, 0.25) is 0 Å². The fourth-order valence-corrected chi connectivity index (χ4v) is 2.95. The van der Waals surface area contributed by atoms with Crippen LogP contribution in [0.3, 0.4) is 0 Å². The molecule has 0 radical (unpaired) electrons. The van der Waals surface area contributed by atoms with Crippen molar-refractivity contribution in [2.75, 3.05) is 4.90 Å². The molecule has 7 heteroatoms. The molecule has 0 fully saturated rings. The van der Waals surface area contributed by atoms with Gasteiger partial charge in [-0.25, -0.2) is 0 Å². The minimum atomic E-state index is -0.539. The van der Waals surface area contributed by atoms with Crippen molar-refractivity contribution in [3.05, 3.63) is 51.3 Å². The summed E-state index contributed by atoms with van der Waals surface area (Å²) in [7, 11) is 1.60. The predicted octanol–water partition coefficient (Wildman–Crippen LogP) is 2.23. The van der Waals surface area contributed by atoms with E-state index in [2.05, 4.69) is 5.10 Å². The maximum atomic E-state index is 12.9. The van der Waals surface area contributed by atoms with E-state index in [1.54, 1.807) is 18.9 Å². The summed E-state index contributed by atoms with van der Waals surface area (Å²) in [5.74, 6) is -0.423. The molecule has 0 spiro atoms. The van der Waals surface area contributed by atoms with Gasteiger partial charge in [0, 0.05) is 18.8 Å². The molecule has 0 N–H and O–H groups in total. The van der Waals surface area contributed by atoms with Gasteiger partial charge >= 0.3 is 5.69 Å². The first kappa shape index (κ1) is 14.2. The molecule has 1 aliphatic rings. The SMILES string of the molecule is Cc1c([N+](=O)[O-])c(C(=O)N2c3ccccc3C[C@H]2C)nn1C. The standard InChI is InChI=1S/C15H16N4O3/c1-9-8-11-6-4-5-7-12(11)18(9)15(20)13-14(19(21)22)10(2)17(3)16-13/h4-7,9H,8H2,1-3H3/t9-/m1/s1. The molecule has 114 valence electrons. The van der Waals surface area contributed by atoms with Crippen molar-refractivity contribution in [1.29, 1.82) is 0 Å². The van der Waals surface area contributed by atoms with E-state index in [9.17, 15) is 14.9 Å². The number of aromatic nitrogens is 2. The van der Waals surface area contributed by atoms with Crippen molar-refractivity contribution in [2.45, 2.75) is 26.3 Å². The lowest BCUT2D eigenvalue weighted by Crippen LogP contribution is -2.36. The van der Waals surface area contributed by atoms with E-state index in [-0.39, 0.29) is 17.4 Å². The Morgan fingerprint density at radius 2 is 2.09 bits per heavy atom. The number of anilines is 1. The minimum Gasteiger partial charge on any atom is -0.303 e. The first-order valence-corrected chi connectivity index (χ1v) is 7.01. The number of hydrogen-bond acceptors (Lipinski definition) is 4. The molecule has 1 atom stereocenters. The lowest BCUT2D eigenvalue weighted by Gasteiger charge is -2.21. The highest BCUT2D eigenvalue weighted by molar-refractivity contribution is 6.09. The lowest BCUT2D eigenvalue weighted by atomic mass is 10.1. The quantitative estimate of drug-likeness (QED) is 0.629. The summed E-state index contributed by atoms with van der Waals surface area (Å²) < 4.78 is 1.37. The highest BCUT2D eigenvalue weighted by atomic mass is 16.6. The Kier molecular flexibility index (Phi) is 3.20. The Hall–Kier alpha value is -2.70. The molecule has 22 heavy (non-hydrogen) atoms. The molecule has 1 aliphatic heterocycles. The molecule has 7 nitrogen and oxygen atoms in total. The van der Waals surface area contributed by atoms with Crippen LogP contribution in [0.4, 0.5) is 11.4 Å². The van der Waals surface area contributed by atoms with Gasteiger partial charge in [0.05, 0.1) is 4.92 Å². The minimum absolute atomic E-state index is 0.0492. The van der Waals surface area contributed by atoms with E-state index in [4.69, 9.17) is 0 Å². The van der Waals surface area contributed by atoms with Gasteiger partial charge < -0.3 is 4.90 Å². The summed E-state index contributed by atoms with van der Waals surface area (Å²) in [6, 6.07) is 7.56. The zero-order chi connectivity index (χ0) is 16.0.